The summed E-state index contributed by atoms with van der Waals surface area (Å²) in [6, 6.07) is 11.7. The van der Waals surface area contributed by atoms with E-state index in [4.69, 9.17) is 9.47 Å². The highest BCUT2D eigenvalue weighted by molar-refractivity contribution is 6.12. The standard InChI is InChI=1S/C24H21FN4O3/c1-15-12-28(14-27-15)19-8-3-16(9-21(19)31-2)10-22-24-26-11-20(29(24)23(30)13-32-22)17-4-6-18(25)7-5-17/h3-10,12,14,20H,11,13H2,1-2H3/b22-10-. The van der Waals surface area contributed by atoms with Crippen LogP contribution in [-0.4, -0.2) is 46.5 Å². The van der Waals surface area contributed by atoms with Crippen LogP contribution in [0.2, 0.25) is 0 Å². The summed E-state index contributed by atoms with van der Waals surface area (Å²) in [6.45, 7) is 2.25. The Balaban J connectivity index is 1.45. The van der Waals surface area contributed by atoms with Gasteiger partial charge in [0.2, 0.25) is 0 Å². The van der Waals surface area contributed by atoms with E-state index in [0.29, 0.717) is 23.9 Å². The zero-order chi connectivity index (χ0) is 22.2. The lowest BCUT2D eigenvalue weighted by Gasteiger charge is -2.31. The van der Waals surface area contributed by atoms with Gasteiger partial charge in [0.25, 0.3) is 5.91 Å². The normalized spacial score (nSPS) is 19.0. The first-order chi connectivity index (χ1) is 15.5. The summed E-state index contributed by atoms with van der Waals surface area (Å²) in [5, 5.41) is 0. The Bertz CT molecular complexity index is 1250. The summed E-state index contributed by atoms with van der Waals surface area (Å²) < 4.78 is 26.5. The zero-order valence-corrected chi connectivity index (χ0v) is 17.7. The van der Waals surface area contributed by atoms with Crippen molar-refractivity contribution in [2.24, 2.45) is 4.99 Å². The molecule has 5 rings (SSSR count). The van der Waals surface area contributed by atoms with Crippen LogP contribution in [0.3, 0.4) is 0 Å². The summed E-state index contributed by atoms with van der Waals surface area (Å²) in [6.07, 6.45) is 5.51. The molecular weight excluding hydrogens is 411 g/mol. The molecule has 162 valence electrons. The van der Waals surface area contributed by atoms with Gasteiger partial charge in [-0.05, 0) is 48.4 Å². The maximum absolute atomic E-state index is 13.3. The first-order valence-corrected chi connectivity index (χ1v) is 10.2. The number of hydrogen-bond donors (Lipinski definition) is 0. The molecule has 1 amide bonds. The molecule has 2 aliphatic heterocycles. The Hall–Kier alpha value is -3.94. The van der Waals surface area contributed by atoms with Crippen LogP contribution in [0, 0.1) is 12.7 Å². The monoisotopic (exact) mass is 432 g/mol. The van der Waals surface area contributed by atoms with E-state index in [2.05, 4.69) is 9.98 Å². The van der Waals surface area contributed by atoms with Crippen LogP contribution < -0.4 is 4.74 Å². The number of aryl methyl sites for hydroxylation is 1. The highest BCUT2D eigenvalue weighted by atomic mass is 19.1. The second kappa shape index (κ2) is 7.96. The molecule has 0 bridgehead atoms. The van der Waals surface area contributed by atoms with E-state index in [9.17, 15) is 9.18 Å². The fraction of sp³-hybridized carbons (Fsp3) is 0.208. The van der Waals surface area contributed by atoms with Gasteiger partial charge in [-0.15, -0.1) is 0 Å². The molecule has 7 nitrogen and oxygen atoms in total. The maximum atomic E-state index is 13.3. The second-order valence-electron chi connectivity index (χ2n) is 7.65. The molecule has 8 heteroatoms. The number of carbonyl (C=O) groups excluding carboxylic acids is 1. The number of halogens is 1. The van der Waals surface area contributed by atoms with Crippen LogP contribution in [0.5, 0.6) is 5.75 Å². The number of hydrogen-bond acceptors (Lipinski definition) is 5. The first kappa shape index (κ1) is 20.0. The van der Waals surface area contributed by atoms with Crippen molar-refractivity contribution in [1.82, 2.24) is 14.5 Å². The molecule has 2 aromatic carbocycles. The molecule has 1 aromatic heterocycles. The number of nitrogens with zero attached hydrogens (tertiary/aromatic N) is 4. The van der Waals surface area contributed by atoms with Crippen LogP contribution in [-0.2, 0) is 9.53 Å². The minimum atomic E-state index is -0.315. The Morgan fingerprint density at radius 3 is 2.75 bits per heavy atom. The van der Waals surface area contributed by atoms with Gasteiger partial charge in [-0.1, -0.05) is 18.2 Å². The van der Waals surface area contributed by atoms with Gasteiger partial charge >= 0.3 is 0 Å². The molecule has 0 saturated carbocycles. The fourth-order valence-electron chi connectivity index (χ4n) is 3.99. The molecule has 1 fully saturated rings. The number of aliphatic imine (C=N–C) groups is 1. The summed E-state index contributed by atoms with van der Waals surface area (Å²) in [5.74, 6) is 1.20. The molecule has 1 unspecified atom stereocenters. The number of carbonyl (C=O) groups is 1. The van der Waals surface area contributed by atoms with Crippen LogP contribution in [0.15, 0.2) is 65.7 Å². The van der Waals surface area contributed by atoms with E-state index in [-0.39, 0.29) is 24.4 Å². The largest absolute Gasteiger partial charge is 0.495 e. The summed E-state index contributed by atoms with van der Waals surface area (Å²) in [5.41, 5.74) is 3.46. The molecular formula is C24H21FN4O3. The predicted molar refractivity (Wildman–Crippen MR) is 117 cm³/mol. The molecule has 2 aliphatic rings. The molecule has 32 heavy (non-hydrogen) atoms. The minimum absolute atomic E-state index is 0.0773. The lowest BCUT2D eigenvalue weighted by Crippen LogP contribution is -2.44. The molecule has 0 N–H and O–H groups in total. The first-order valence-electron chi connectivity index (χ1n) is 10.2. The van der Waals surface area contributed by atoms with Crippen LogP contribution >= 0.6 is 0 Å². The Kier molecular flexibility index (Phi) is 4.97. The number of amides is 1. The highest BCUT2D eigenvalue weighted by Gasteiger charge is 2.39. The Morgan fingerprint density at radius 1 is 1.22 bits per heavy atom. The zero-order valence-electron chi connectivity index (χ0n) is 17.7. The lowest BCUT2D eigenvalue weighted by molar-refractivity contribution is -0.133. The van der Waals surface area contributed by atoms with Crippen molar-refractivity contribution in [2.75, 3.05) is 20.3 Å². The van der Waals surface area contributed by atoms with Crippen LogP contribution in [0.25, 0.3) is 11.8 Å². The third kappa shape index (κ3) is 3.53. The molecule has 1 atom stereocenters. The Labute approximate surface area is 184 Å². The van der Waals surface area contributed by atoms with E-state index in [0.717, 1.165) is 22.5 Å². The van der Waals surface area contributed by atoms with E-state index >= 15 is 0 Å². The van der Waals surface area contributed by atoms with Gasteiger partial charge in [-0.25, -0.2) is 9.37 Å². The average molecular weight is 432 g/mol. The number of rotatable bonds is 4. The van der Waals surface area contributed by atoms with Gasteiger partial charge in [0.1, 0.15) is 11.6 Å². The van der Waals surface area contributed by atoms with Crippen molar-refractivity contribution >= 4 is 17.8 Å². The van der Waals surface area contributed by atoms with E-state index < -0.39 is 0 Å². The summed E-state index contributed by atoms with van der Waals surface area (Å²) >= 11 is 0. The van der Waals surface area contributed by atoms with Crippen molar-refractivity contribution in [2.45, 2.75) is 13.0 Å². The topological polar surface area (TPSA) is 69.0 Å². The van der Waals surface area contributed by atoms with Gasteiger partial charge in [-0.3, -0.25) is 14.7 Å². The maximum Gasteiger partial charge on any atom is 0.266 e. The number of fused-ring (bicyclic) bond motifs is 1. The highest BCUT2D eigenvalue weighted by Crippen LogP contribution is 2.33. The number of imidazole rings is 1. The third-order valence-corrected chi connectivity index (χ3v) is 5.54. The molecule has 3 heterocycles. The predicted octanol–water partition coefficient (Wildman–Crippen LogP) is 3.68. The fourth-order valence-corrected chi connectivity index (χ4v) is 3.99. The number of benzene rings is 2. The number of ether oxygens (including phenoxy) is 2. The van der Waals surface area contributed by atoms with Gasteiger partial charge in [0, 0.05) is 6.20 Å². The smallest absolute Gasteiger partial charge is 0.266 e. The van der Waals surface area contributed by atoms with Gasteiger partial charge in [0.05, 0.1) is 37.4 Å². The van der Waals surface area contributed by atoms with Crippen molar-refractivity contribution in [3.63, 3.8) is 0 Å². The van der Waals surface area contributed by atoms with Crippen molar-refractivity contribution < 1.29 is 18.7 Å². The summed E-state index contributed by atoms with van der Waals surface area (Å²) in [4.78, 5) is 23.1. The molecule has 0 radical (unpaired) electrons. The number of methoxy groups -OCH3 is 1. The van der Waals surface area contributed by atoms with E-state index in [1.807, 2.05) is 42.0 Å². The third-order valence-electron chi connectivity index (χ3n) is 5.54. The summed E-state index contributed by atoms with van der Waals surface area (Å²) in [7, 11) is 1.62. The van der Waals surface area contributed by atoms with Gasteiger partial charge in [-0.2, -0.15) is 0 Å². The van der Waals surface area contributed by atoms with Gasteiger partial charge < -0.3 is 14.0 Å². The SMILES string of the molecule is COc1cc(/C=C2\OCC(=O)N3C2=NCC3c2ccc(F)cc2)ccc1-n1cnc(C)c1. The number of aromatic nitrogens is 2. The molecule has 1 saturated heterocycles. The van der Waals surface area contributed by atoms with Crippen molar-refractivity contribution in [1.29, 1.82) is 0 Å². The average Bonchev–Trinajstić information content (AvgIpc) is 3.43. The van der Waals surface area contributed by atoms with Crippen LogP contribution in [0.4, 0.5) is 4.39 Å². The van der Waals surface area contributed by atoms with Gasteiger partial charge in [0.15, 0.2) is 18.2 Å². The molecule has 3 aromatic rings. The van der Waals surface area contributed by atoms with E-state index in [1.165, 1.54) is 12.1 Å². The molecule has 0 aliphatic carbocycles. The number of morpholine rings is 1. The Morgan fingerprint density at radius 2 is 2.03 bits per heavy atom. The second-order valence-corrected chi connectivity index (χ2v) is 7.65. The van der Waals surface area contributed by atoms with Crippen molar-refractivity contribution in [3.05, 3.63) is 83.4 Å². The quantitative estimate of drug-likeness (QED) is 0.631. The van der Waals surface area contributed by atoms with Crippen LogP contribution in [0.1, 0.15) is 22.9 Å². The van der Waals surface area contributed by atoms with Crippen molar-refractivity contribution in [3.8, 4) is 11.4 Å². The lowest BCUT2D eigenvalue weighted by atomic mass is 10.1. The minimum Gasteiger partial charge on any atom is -0.495 e. The van der Waals surface area contributed by atoms with E-state index in [1.54, 1.807) is 30.5 Å². The number of amidine groups is 1. The molecule has 0 spiro atoms.